The number of anilines is 1. The third kappa shape index (κ3) is 4.62. The van der Waals surface area contributed by atoms with Crippen LogP contribution in [-0.4, -0.2) is 53.6 Å². The molecule has 1 amide bonds. The average Bonchev–Trinajstić information content (AvgIpc) is 2.88. The third-order valence-electron chi connectivity index (χ3n) is 5.85. The molecule has 1 aromatic heterocycles. The van der Waals surface area contributed by atoms with E-state index in [1.165, 1.54) is 18.5 Å². The summed E-state index contributed by atoms with van der Waals surface area (Å²) in [5.41, 5.74) is 1.57. The van der Waals surface area contributed by atoms with Gasteiger partial charge in [0.15, 0.2) is 6.61 Å². The van der Waals surface area contributed by atoms with E-state index >= 15 is 0 Å². The van der Waals surface area contributed by atoms with Gasteiger partial charge in [0.25, 0.3) is 5.91 Å². The molecule has 6 nitrogen and oxygen atoms in total. The third-order valence-corrected chi connectivity index (χ3v) is 5.85. The lowest BCUT2D eigenvalue weighted by Crippen LogP contribution is -2.50. The number of amides is 1. The van der Waals surface area contributed by atoms with E-state index in [1.807, 2.05) is 53.4 Å². The molecule has 0 bridgehead atoms. The molecule has 33 heavy (non-hydrogen) atoms. The number of ether oxygens (including phenoxy) is 1. The van der Waals surface area contributed by atoms with Crippen molar-refractivity contribution in [2.75, 3.05) is 37.7 Å². The molecule has 0 radical (unpaired) electrons. The minimum atomic E-state index is -0.279. The Balaban J connectivity index is 1.19. The SMILES string of the molecule is O=C(COc1cccc2ccccc12)N1CCN(c2cc(-c3ccc(F)cc3)ncn2)CC1. The largest absolute Gasteiger partial charge is 0.483 e. The highest BCUT2D eigenvalue weighted by Gasteiger charge is 2.22. The zero-order valence-corrected chi connectivity index (χ0v) is 18.0. The van der Waals surface area contributed by atoms with Crippen molar-refractivity contribution >= 4 is 22.5 Å². The van der Waals surface area contributed by atoms with Crippen LogP contribution in [-0.2, 0) is 4.79 Å². The summed E-state index contributed by atoms with van der Waals surface area (Å²) in [4.78, 5) is 25.4. The molecule has 1 aliphatic rings. The van der Waals surface area contributed by atoms with Crippen LogP contribution in [0.5, 0.6) is 5.75 Å². The van der Waals surface area contributed by atoms with Crippen LogP contribution >= 0.6 is 0 Å². The van der Waals surface area contributed by atoms with Gasteiger partial charge in [-0.1, -0.05) is 36.4 Å². The fourth-order valence-electron chi connectivity index (χ4n) is 4.04. The second-order valence-corrected chi connectivity index (χ2v) is 7.90. The summed E-state index contributed by atoms with van der Waals surface area (Å²) in [5, 5.41) is 2.08. The summed E-state index contributed by atoms with van der Waals surface area (Å²) >= 11 is 0. The van der Waals surface area contributed by atoms with Crippen LogP contribution < -0.4 is 9.64 Å². The summed E-state index contributed by atoms with van der Waals surface area (Å²) in [5.74, 6) is 1.20. The van der Waals surface area contributed by atoms with Crippen molar-refractivity contribution < 1.29 is 13.9 Å². The van der Waals surface area contributed by atoms with E-state index < -0.39 is 0 Å². The maximum Gasteiger partial charge on any atom is 0.260 e. The number of benzene rings is 3. The number of fused-ring (bicyclic) bond motifs is 1. The Morgan fingerprint density at radius 3 is 2.48 bits per heavy atom. The number of hydrogen-bond acceptors (Lipinski definition) is 5. The monoisotopic (exact) mass is 442 g/mol. The summed E-state index contributed by atoms with van der Waals surface area (Å²) < 4.78 is 19.1. The molecule has 166 valence electrons. The Hall–Kier alpha value is -4.00. The number of nitrogens with zero attached hydrogens (tertiary/aromatic N) is 4. The van der Waals surface area contributed by atoms with Crippen LogP contribution in [0.4, 0.5) is 10.2 Å². The second-order valence-electron chi connectivity index (χ2n) is 7.90. The van der Waals surface area contributed by atoms with Gasteiger partial charge >= 0.3 is 0 Å². The van der Waals surface area contributed by atoms with Gasteiger partial charge in [-0.05, 0) is 35.7 Å². The zero-order chi connectivity index (χ0) is 22.6. The van der Waals surface area contributed by atoms with Crippen LogP contribution in [0.25, 0.3) is 22.0 Å². The van der Waals surface area contributed by atoms with E-state index in [2.05, 4.69) is 14.9 Å². The average molecular weight is 442 g/mol. The van der Waals surface area contributed by atoms with Gasteiger partial charge in [-0.2, -0.15) is 0 Å². The predicted molar refractivity (Wildman–Crippen MR) is 126 cm³/mol. The number of carbonyl (C=O) groups is 1. The van der Waals surface area contributed by atoms with Crippen LogP contribution in [0, 0.1) is 5.82 Å². The topological polar surface area (TPSA) is 58.6 Å². The van der Waals surface area contributed by atoms with Crippen molar-refractivity contribution in [3.8, 4) is 17.0 Å². The van der Waals surface area contributed by atoms with Crippen LogP contribution in [0.15, 0.2) is 79.1 Å². The van der Waals surface area contributed by atoms with Gasteiger partial charge in [-0.3, -0.25) is 4.79 Å². The first-order valence-electron chi connectivity index (χ1n) is 10.9. The highest BCUT2D eigenvalue weighted by atomic mass is 19.1. The van der Waals surface area contributed by atoms with E-state index in [0.717, 1.165) is 33.6 Å². The van der Waals surface area contributed by atoms with E-state index in [1.54, 1.807) is 12.1 Å². The summed E-state index contributed by atoms with van der Waals surface area (Å²) in [7, 11) is 0. The highest BCUT2D eigenvalue weighted by Crippen LogP contribution is 2.25. The van der Waals surface area contributed by atoms with E-state index in [9.17, 15) is 9.18 Å². The number of aromatic nitrogens is 2. The van der Waals surface area contributed by atoms with Gasteiger partial charge in [-0.15, -0.1) is 0 Å². The van der Waals surface area contributed by atoms with Gasteiger partial charge in [-0.25, -0.2) is 14.4 Å². The van der Waals surface area contributed by atoms with Crippen molar-refractivity contribution in [1.29, 1.82) is 0 Å². The maximum absolute atomic E-state index is 13.2. The number of hydrogen-bond donors (Lipinski definition) is 0. The Labute approximate surface area is 191 Å². The molecule has 2 heterocycles. The van der Waals surface area contributed by atoms with Crippen molar-refractivity contribution in [2.45, 2.75) is 0 Å². The fraction of sp³-hybridized carbons (Fsp3) is 0.192. The van der Waals surface area contributed by atoms with Crippen LogP contribution in [0.2, 0.25) is 0 Å². The van der Waals surface area contributed by atoms with Crippen molar-refractivity contribution in [3.05, 3.63) is 84.9 Å². The molecule has 0 saturated carbocycles. The minimum absolute atomic E-state index is 0.0101. The fourth-order valence-corrected chi connectivity index (χ4v) is 4.04. The summed E-state index contributed by atoms with van der Waals surface area (Å²) in [6, 6.07) is 22.0. The number of halogens is 1. The van der Waals surface area contributed by atoms with E-state index in [4.69, 9.17) is 4.74 Å². The number of carbonyl (C=O) groups excluding carboxylic acids is 1. The Kier molecular flexibility index (Phi) is 5.85. The zero-order valence-electron chi connectivity index (χ0n) is 18.0. The second kappa shape index (κ2) is 9.24. The molecule has 0 spiro atoms. The van der Waals surface area contributed by atoms with Gasteiger partial charge in [0.05, 0.1) is 5.69 Å². The normalized spacial score (nSPS) is 13.8. The van der Waals surface area contributed by atoms with Gasteiger partial charge in [0.2, 0.25) is 0 Å². The van der Waals surface area contributed by atoms with Gasteiger partial charge in [0, 0.05) is 43.2 Å². The van der Waals surface area contributed by atoms with Crippen molar-refractivity contribution in [3.63, 3.8) is 0 Å². The quantitative estimate of drug-likeness (QED) is 0.465. The molecule has 1 saturated heterocycles. The molecular formula is C26H23FN4O2. The van der Waals surface area contributed by atoms with Crippen molar-refractivity contribution in [2.24, 2.45) is 0 Å². The summed E-state index contributed by atoms with van der Waals surface area (Å²) in [6.07, 6.45) is 1.52. The summed E-state index contributed by atoms with van der Waals surface area (Å²) in [6.45, 7) is 2.53. The highest BCUT2D eigenvalue weighted by molar-refractivity contribution is 5.88. The van der Waals surface area contributed by atoms with Gasteiger partial charge < -0.3 is 14.5 Å². The number of piperazine rings is 1. The molecular weight excluding hydrogens is 419 g/mol. The van der Waals surface area contributed by atoms with Crippen LogP contribution in [0.3, 0.4) is 0 Å². The molecule has 0 atom stereocenters. The predicted octanol–water partition coefficient (Wildman–Crippen LogP) is 4.16. The maximum atomic E-state index is 13.2. The van der Waals surface area contributed by atoms with E-state index in [0.29, 0.717) is 26.2 Å². The molecule has 0 N–H and O–H groups in total. The molecule has 4 aromatic rings. The van der Waals surface area contributed by atoms with E-state index in [-0.39, 0.29) is 18.3 Å². The number of rotatable bonds is 5. The smallest absolute Gasteiger partial charge is 0.260 e. The molecule has 7 heteroatoms. The molecule has 0 aliphatic carbocycles. The van der Waals surface area contributed by atoms with Crippen LogP contribution in [0.1, 0.15) is 0 Å². The Morgan fingerprint density at radius 1 is 0.909 bits per heavy atom. The lowest BCUT2D eigenvalue weighted by molar-refractivity contribution is -0.133. The molecule has 1 aliphatic heterocycles. The first-order valence-corrected chi connectivity index (χ1v) is 10.9. The Morgan fingerprint density at radius 2 is 1.67 bits per heavy atom. The lowest BCUT2D eigenvalue weighted by atomic mass is 10.1. The first-order chi connectivity index (χ1) is 16.2. The lowest BCUT2D eigenvalue weighted by Gasteiger charge is -2.35. The van der Waals surface area contributed by atoms with Crippen molar-refractivity contribution in [1.82, 2.24) is 14.9 Å². The molecule has 1 fully saturated rings. The standard InChI is InChI=1S/C26H23FN4O2/c27-21-10-8-20(9-11-21)23-16-25(29-18-28-23)30-12-14-31(15-13-30)26(32)17-33-24-7-3-5-19-4-1-2-6-22(19)24/h1-11,16,18H,12-15,17H2. The Bertz CT molecular complexity index is 1270. The molecule has 3 aromatic carbocycles. The van der Waals surface area contributed by atoms with Gasteiger partial charge in [0.1, 0.15) is 23.7 Å². The molecule has 0 unspecified atom stereocenters. The minimum Gasteiger partial charge on any atom is -0.483 e. The first kappa shape index (κ1) is 20.9. The molecule has 5 rings (SSSR count).